The van der Waals surface area contributed by atoms with Gasteiger partial charge in [-0.1, -0.05) is 12.1 Å². The Bertz CT molecular complexity index is 1050. The van der Waals surface area contributed by atoms with E-state index in [1.807, 2.05) is 0 Å². The van der Waals surface area contributed by atoms with Gasteiger partial charge in [0, 0.05) is 25.4 Å². The minimum Gasteiger partial charge on any atom is -0.489 e. The van der Waals surface area contributed by atoms with Crippen LogP contribution in [0.15, 0.2) is 46.1 Å². The zero-order valence-corrected chi connectivity index (χ0v) is 16.0. The molecular formula is C18H19F3N2O4S. The van der Waals surface area contributed by atoms with Crippen LogP contribution in [0, 0.1) is 6.92 Å². The first-order valence-electron chi connectivity index (χ1n) is 8.51. The van der Waals surface area contributed by atoms with Gasteiger partial charge in [0.15, 0.2) is 0 Å². The predicted octanol–water partition coefficient (Wildman–Crippen LogP) is 2.55. The number of alkyl halides is 3. The fraction of sp³-hybridized carbons (Fsp3) is 0.389. The number of aryl methyl sites for hydroxylation is 1. The SMILES string of the molecule is Cc1cc(O[C@@H]2CCN(S(=O)(=O)c3ccccc3C(F)(F)F)C2)cc(=O)n1C. The van der Waals surface area contributed by atoms with Crippen molar-refractivity contribution in [2.75, 3.05) is 13.1 Å². The number of pyridine rings is 1. The highest BCUT2D eigenvalue weighted by molar-refractivity contribution is 7.89. The average molecular weight is 416 g/mol. The lowest BCUT2D eigenvalue weighted by atomic mass is 10.2. The van der Waals surface area contributed by atoms with Crippen molar-refractivity contribution in [1.82, 2.24) is 8.87 Å². The second-order valence-corrected chi connectivity index (χ2v) is 8.52. The van der Waals surface area contributed by atoms with Crippen LogP contribution in [-0.2, 0) is 23.2 Å². The zero-order chi connectivity index (χ0) is 20.7. The molecule has 1 aromatic carbocycles. The summed E-state index contributed by atoms with van der Waals surface area (Å²) in [6.45, 7) is 1.67. The molecule has 0 amide bonds. The maximum atomic E-state index is 13.2. The quantitative estimate of drug-likeness (QED) is 0.768. The van der Waals surface area contributed by atoms with Gasteiger partial charge in [-0.3, -0.25) is 4.79 Å². The Morgan fingerprint density at radius 3 is 2.50 bits per heavy atom. The Labute approximate surface area is 160 Å². The average Bonchev–Trinajstić information content (AvgIpc) is 3.08. The van der Waals surface area contributed by atoms with Gasteiger partial charge < -0.3 is 9.30 Å². The van der Waals surface area contributed by atoms with Gasteiger partial charge in [-0.15, -0.1) is 0 Å². The van der Waals surface area contributed by atoms with Gasteiger partial charge in [-0.05, 0) is 31.5 Å². The third kappa shape index (κ3) is 3.93. The predicted molar refractivity (Wildman–Crippen MR) is 95.7 cm³/mol. The van der Waals surface area contributed by atoms with Gasteiger partial charge in [0.1, 0.15) is 11.9 Å². The Kier molecular flexibility index (Phi) is 5.28. The van der Waals surface area contributed by atoms with Gasteiger partial charge in [0.05, 0.1) is 17.0 Å². The van der Waals surface area contributed by atoms with Crippen molar-refractivity contribution in [2.24, 2.45) is 7.05 Å². The molecule has 1 aliphatic rings. The van der Waals surface area contributed by atoms with Crippen LogP contribution in [0.4, 0.5) is 13.2 Å². The summed E-state index contributed by atoms with van der Waals surface area (Å²) in [4.78, 5) is 11.1. The number of nitrogens with zero attached hydrogens (tertiary/aromatic N) is 2. The van der Waals surface area contributed by atoms with Crippen molar-refractivity contribution in [3.05, 3.63) is 58.0 Å². The first-order valence-corrected chi connectivity index (χ1v) is 9.95. The molecule has 0 aliphatic carbocycles. The third-order valence-electron chi connectivity index (χ3n) is 4.70. The van der Waals surface area contributed by atoms with Crippen molar-refractivity contribution in [2.45, 2.75) is 30.5 Å². The van der Waals surface area contributed by atoms with E-state index in [2.05, 4.69) is 0 Å². The van der Waals surface area contributed by atoms with E-state index in [1.54, 1.807) is 20.0 Å². The van der Waals surface area contributed by atoms with Crippen molar-refractivity contribution in [3.8, 4) is 5.75 Å². The first kappa shape index (κ1) is 20.4. The smallest absolute Gasteiger partial charge is 0.417 e. The molecule has 6 nitrogen and oxygen atoms in total. The van der Waals surface area contributed by atoms with E-state index in [1.165, 1.54) is 16.7 Å². The van der Waals surface area contributed by atoms with Crippen LogP contribution in [0.5, 0.6) is 5.75 Å². The Hall–Kier alpha value is -2.33. The summed E-state index contributed by atoms with van der Waals surface area (Å²) >= 11 is 0. The topological polar surface area (TPSA) is 68.6 Å². The Morgan fingerprint density at radius 1 is 1.18 bits per heavy atom. The summed E-state index contributed by atoms with van der Waals surface area (Å²) in [6, 6.07) is 7.06. The maximum Gasteiger partial charge on any atom is 0.417 e. The molecule has 10 heteroatoms. The van der Waals surface area contributed by atoms with Crippen LogP contribution in [0.1, 0.15) is 17.7 Å². The standard InChI is InChI=1S/C18H19F3N2O4S/c1-12-9-14(10-17(24)22(12)2)27-13-7-8-23(11-13)28(25,26)16-6-4-3-5-15(16)18(19,20)21/h3-6,9-10,13H,7-8,11H2,1-2H3/t13-/m1/s1. The molecule has 0 spiro atoms. The van der Waals surface area contributed by atoms with E-state index in [9.17, 15) is 26.4 Å². The van der Waals surface area contributed by atoms with Crippen molar-refractivity contribution in [1.29, 1.82) is 0 Å². The molecule has 2 aromatic rings. The van der Waals surface area contributed by atoms with Gasteiger partial charge in [-0.25, -0.2) is 8.42 Å². The number of halogens is 3. The van der Waals surface area contributed by atoms with Gasteiger partial charge in [0.2, 0.25) is 10.0 Å². The lowest BCUT2D eigenvalue weighted by Gasteiger charge is -2.20. The molecule has 0 unspecified atom stereocenters. The number of rotatable bonds is 4. The molecule has 1 fully saturated rings. The van der Waals surface area contributed by atoms with E-state index >= 15 is 0 Å². The minimum absolute atomic E-state index is 0.0308. The minimum atomic E-state index is -4.78. The second-order valence-electron chi connectivity index (χ2n) is 6.62. The van der Waals surface area contributed by atoms with Gasteiger partial charge >= 0.3 is 6.18 Å². The van der Waals surface area contributed by atoms with Crippen molar-refractivity contribution >= 4 is 10.0 Å². The molecule has 0 N–H and O–H groups in total. The Morgan fingerprint density at radius 2 is 1.86 bits per heavy atom. The number of hydrogen-bond acceptors (Lipinski definition) is 4. The molecule has 2 heterocycles. The second kappa shape index (κ2) is 7.25. The van der Waals surface area contributed by atoms with E-state index in [-0.39, 0.29) is 18.6 Å². The van der Waals surface area contributed by atoms with Gasteiger partial charge in [0.25, 0.3) is 5.56 Å². The third-order valence-corrected chi connectivity index (χ3v) is 6.62. The summed E-state index contributed by atoms with van der Waals surface area (Å²) in [5.41, 5.74) is -0.790. The largest absolute Gasteiger partial charge is 0.489 e. The molecule has 3 rings (SSSR count). The lowest BCUT2D eigenvalue weighted by Crippen LogP contribution is -2.32. The lowest BCUT2D eigenvalue weighted by molar-refractivity contribution is -0.139. The van der Waals surface area contributed by atoms with Crippen LogP contribution in [0.2, 0.25) is 0 Å². The first-order chi connectivity index (χ1) is 13.0. The summed E-state index contributed by atoms with van der Waals surface area (Å²) < 4.78 is 73.3. The molecule has 1 atom stereocenters. The number of sulfonamides is 1. The molecule has 1 aromatic heterocycles. The van der Waals surface area contributed by atoms with E-state index in [0.717, 1.165) is 22.5 Å². The van der Waals surface area contributed by atoms with E-state index in [0.29, 0.717) is 17.9 Å². The highest BCUT2D eigenvalue weighted by atomic mass is 32.2. The summed E-state index contributed by atoms with van der Waals surface area (Å²) in [5.74, 6) is 0.306. The highest BCUT2D eigenvalue weighted by Gasteiger charge is 2.41. The van der Waals surface area contributed by atoms with Gasteiger partial charge in [-0.2, -0.15) is 17.5 Å². The molecule has 1 aliphatic heterocycles. The van der Waals surface area contributed by atoms with Crippen LogP contribution < -0.4 is 10.3 Å². The monoisotopic (exact) mass is 416 g/mol. The fourth-order valence-electron chi connectivity index (χ4n) is 3.07. The van der Waals surface area contributed by atoms with E-state index < -0.39 is 32.8 Å². The number of aromatic nitrogens is 1. The normalized spacial score (nSPS) is 18.4. The maximum absolute atomic E-state index is 13.2. The zero-order valence-electron chi connectivity index (χ0n) is 15.2. The van der Waals surface area contributed by atoms with Crippen LogP contribution in [0.3, 0.4) is 0 Å². The fourth-order valence-corrected chi connectivity index (χ4v) is 4.77. The summed E-state index contributed by atoms with van der Waals surface area (Å²) in [5, 5.41) is 0. The molecule has 152 valence electrons. The molecule has 1 saturated heterocycles. The number of hydrogen-bond donors (Lipinski definition) is 0. The summed E-state index contributed by atoms with van der Waals surface area (Å²) in [7, 11) is -2.72. The summed E-state index contributed by atoms with van der Waals surface area (Å²) in [6.07, 6.45) is -5.03. The molecule has 0 saturated carbocycles. The molecule has 0 bridgehead atoms. The molecule has 28 heavy (non-hydrogen) atoms. The molecular weight excluding hydrogens is 397 g/mol. The number of ether oxygens (including phenoxy) is 1. The Balaban J connectivity index is 1.81. The van der Waals surface area contributed by atoms with Crippen LogP contribution in [-0.4, -0.2) is 36.5 Å². The number of benzene rings is 1. The molecule has 0 radical (unpaired) electrons. The van der Waals surface area contributed by atoms with E-state index in [4.69, 9.17) is 4.74 Å². The van der Waals surface area contributed by atoms with Crippen LogP contribution >= 0.6 is 0 Å². The van der Waals surface area contributed by atoms with Crippen molar-refractivity contribution in [3.63, 3.8) is 0 Å². The van der Waals surface area contributed by atoms with Crippen LogP contribution in [0.25, 0.3) is 0 Å². The van der Waals surface area contributed by atoms with Crippen molar-refractivity contribution < 1.29 is 26.3 Å². The highest BCUT2D eigenvalue weighted by Crippen LogP contribution is 2.36.